The van der Waals surface area contributed by atoms with Gasteiger partial charge in [0.1, 0.15) is 5.75 Å². The van der Waals surface area contributed by atoms with Crippen LogP contribution in [0.5, 0.6) is 5.75 Å². The van der Waals surface area contributed by atoms with Gasteiger partial charge in [0.25, 0.3) is 0 Å². The highest BCUT2D eigenvalue weighted by atomic mass is 16.5. The van der Waals surface area contributed by atoms with E-state index in [0.717, 1.165) is 36.3 Å². The Morgan fingerprint density at radius 3 is 2.53 bits per heavy atom. The van der Waals surface area contributed by atoms with Crippen molar-refractivity contribution < 1.29 is 4.74 Å². The normalized spacial score (nSPS) is 12.5. The molecule has 0 saturated heterocycles. The highest BCUT2D eigenvalue weighted by molar-refractivity contribution is 5.45. The van der Waals surface area contributed by atoms with Crippen LogP contribution in [0.4, 0.5) is 0 Å². The Bertz CT molecular complexity index is 363. The van der Waals surface area contributed by atoms with E-state index in [1.807, 2.05) is 0 Å². The van der Waals surface area contributed by atoms with Crippen LogP contribution in [0.3, 0.4) is 0 Å². The first-order chi connectivity index (χ1) is 8.13. The molecule has 17 heavy (non-hydrogen) atoms. The number of benzene rings is 1. The summed E-state index contributed by atoms with van der Waals surface area (Å²) < 4.78 is 5.80. The Morgan fingerprint density at radius 1 is 1.29 bits per heavy atom. The van der Waals surface area contributed by atoms with Gasteiger partial charge >= 0.3 is 0 Å². The van der Waals surface area contributed by atoms with E-state index in [1.54, 1.807) is 0 Å². The lowest BCUT2D eigenvalue weighted by molar-refractivity contribution is 0.312. The molecule has 4 N–H and O–H groups in total. The molecule has 0 aliphatic heterocycles. The molecule has 0 saturated carbocycles. The average molecular weight is 236 g/mol. The molecule has 0 amide bonds. The molecule has 1 unspecified atom stereocenters. The maximum absolute atomic E-state index is 5.97. The topological polar surface area (TPSA) is 61.3 Å². The van der Waals surface area contributed by atoms with E-state index < -0.39 is 0 Å². The summed E-state index contributed by atoms with van der Waals surface area (Å²) in [5, 5.41) is 0. The Kier molecular flexibility index (Phi) is 5.45. The van der Waals surface area contributed by atoms with Crippen molar-refractivity contribution in [2.45, 2.75) is 39.7 Å². The number of nitrogens with two attached hydrogens (primary N) is 2. The van der Waals surface area contributed by atoms with Crippen LogP contribution in [-0.4, -0.2) is 13.2 Å². The fourth-order valence-corrected chi connectivity index (χ4v) is 1.90. The van der Waals surface area contributed by atoms with E-state index in [2.05, 4.69) is 32.9 Å². The molecule has 0 aromatic heterocycles. The quantitative estimate of drug-likeness (QED) is 0.796. The minimum absolute atomic E-state index is 0.0841. The van der Waals surface area contributed by atoms with Crippen molar-refractivity contribution in [3.8, 4) is 5.75 Å². The molecule has 0 aliphatic rings. The van der Waals surface area contributed by atoms with E-state index in [-0.39, 0.29) is 6.04 Å². The summed E-state index contributed by atoms with van der Waals surface area (Å²) in [7, 11) is 0. The zero-order valence-electron chi connectivity index (χ0n) is 11.1. The van der Waals surface area contributed by atoms with Crippen molar-refractivity contribution >= 4 is 0 Å². The van der Waals surface area contributed by atoms with Gasteiger partial charge in [0.2, 0.25) is 0 Å². The second-order valence-corrected chi connectivity index (χ2v) is 4.37. The molecule has 0 heterocycles. The highest BCUT2D eigenvalue weighted by Gasteiger charge is 2.11. The standard InChI is InChI=1S/C14H24N2O/c1-4-6-17-14-10(3)7-12(13(16)9-15)8-11(14)5-2/h7-8,13H,4-6,9,15-16H2,1-3H3. The van der Waals surface area contributed by atoms with Crippen molar-refractivity contribution in [1.82, 2.24) is 0 Å². The van der Waals surface area contributed by atoms with Crippen molar-refractivity contribution in [3.63, 3.8) is 0 Å². The van der Waals surface area contributed by atoms with Gasteiger partial charge in [-0.15, -0.1) is 0 Å². The molecule has 0 radical (unpaired) electrons. The Morgan fingerprint density at radius 2 is 2.00 bits per heavy atom. The van der Waals surface area contributed by atoms with Crippen molar-refractivity contribution in [1.29, 1.82) is 0 Å². The Labute approximate surface area is 104 Å². The maximum Gasteiger partial charge on any atom is 0.125 e. The summed E-state index contributed by atoms with van der Waals surface area (Å²) in [5.74, 6) is 1.02. The molecular weight excluding hydrogens is 212 g/mol. The largest absolute Gasteiger partial charge is 0.493 e. The van der Waals surface area contributed by atoms with Gasteiger partial charge in [-0.25, -0.2) is 0 Å². The van der Waals surface area contributed by atoms with Crippen LogP contribution in [0.1, 0.15) is 43.0 Å². The van der Waals surface area contributed by atoms with Crippen LogP contribution in [0.15, 0.2) is 12.1 Å². The molecule has 1 aromatic carbocycles. The average Bonchev–Trinajstić information content (AvgIpc) is 2.35. The zero-order valence-corrected chi connectivity index (χ0v) is 11.1. The van der Waals surface area contributed by atoms with Crippen LogP contribution in [-0.2, 0) is 6.42 Å². The molecule has 1 rings (SSSR count). The van der Waals surface area contributed by atoms with E-state index in [4.69, 9.17) is 16.2 Å². The third-order valence-corrected chi connectivity index (χ3v) is 2.89. The van der Waals surface area contributed by atoms with Gasteiger partial charge in [-0.3, -0.25) is 0 Å². The summed E-state index contributed by atoms with van der Waals surface area (Å²) >= 11 is 0. The number of ether oxygens (including phenoxy) is 1. The number of hydrogen-bond donors (Lipinski definition) is 2. The smallest absolute Gasteiger partial charge is 0.125 e. The van der Waals surface area contributed by atoms with Crippen LogP contribution in [0.25, 0.3) is 0 Å². The third kappa shape index (κ3) is 3.45. The fraction of sp³-hybridized carbons (Fsp3) is 0.571. The molecule has 0 bridgehead atoms. The summed E-state index contributed by atoms with van der Waals surface area (Å²) in [5.41, 5.74) is 15.1. The molecule has 96 valence electrons. The summed E-state index contributed by atoms with van der Waals surface area (Å²) in [6.07, 6.45) is 1.97. The third-order valence-electron chi connectivity index (χ3n) is 2.89. The molecule has 0 fully saturated rings. The molecular formula is C14H24N2O. The number of hydrogen-bond acceptors (Lipinski definition) is 3. The highest BCUT2D eigenvalue weighted by Crippen LogP contribution is 2.28. The van der Waals surface area contributed by atoms with Crippen molar-refractivity contribution in [2.24, 2.45) is 11.5 Å². The van der Waals surface area contributed by atoms with Gasteiger partial charge in [-0.2, -0.15) is 0 Å². The minimum Gasteiger partial charge on any atom is -0.493 e. The van der Waals surface area contributed by atoms with Crippen LogP contribution in [0.2, 0.25) is 0 Å². The first kappa shape index (κ1) is 14.0. The maximum atomic E-state index is 5.97. The molecule has 1 atom stereocenters. The molecule has 0 aliphatic carbocycles. The fourth-order valence-electron chi connectivity index (χ4n) is 1.90. The summed E-state index contributed by atoms with van der Waals surface area (Å²) in [4.78, 5) is 0. The van der Waals surface area contributed by atoms with E-state index in [0.29, 0.717) is 6.54 Å². The van der Waals surface area contributed by atoms with Crippen molar-refractivity contribution in [2.75, 3.05) is 13.2 Å². The first-order valence-corrected chi connectivity index (χ1v) is 6.35. The second kappa shape index (κ2) is 6.62. The van der Waals surface area contributed by atoms with Gasteiger partial charge in [0, 0.05) is 12.6 Å². The van der Waals surface area contributed by atoms with Gasteiger partial charge in [-0.05, 0) is 36.5 Å². The van der Waals surface area contributed by atoms with Crippen LogP contribution >= 0.6 is 0 Å². The number of aryl methyl sites for hydroxylation is 2. The molecule has 1 aromatic rings. The van der Waals surface area contributed by atoms with Gasteiger partial charge in [0.05, 0.1) is 6.61 Å². The van der Waals surface area contributed by atoms with Crippen LogP contribution in [0, 0.1) is 6.92 Å². The molecule has 3 heteroatoms. The molecule has 0 spiro atoms. The van der Waals surface area contributed by atoms with Crippen LogP contribution < -0.4 is 16.2 Å². The molecule has 3 nitrogen and oxygen atoms in total. The lowest BCUT2D eigenvalue weighted by Gasteiger charge is -2.17. The van der Waals surface area contributed by atoms with Gasteiger partial charge in [0.15, 0.2) is 0 Å². The summed E-state index contributed by atoms with van der Waals surface area (Å²) in [6, 6.07) is 4.12. The van der Waals surface area contributed by atoms with E-state index in [9.17, 15) is 0 Å². The lowest BCUT2D eigenvalue weighted by atomic mass is 9.99. The predicted octanol–water partition coefficient (Wildman–Crippen LogP) is 2.30. The Balaban J connectivity index is 3.07. The first-order valence-electron chi connectivity index (χ1n) is 6.35. The lowest BCUT2D eigenvalue weighted by Crippen LogP contribution is -2.21. The van der Waals surface area contributed by atoms with E-state index >= 15 is 0 Å². The Hall–Kier alpha value is -1.06. The SMILES string of the molecule is CCCOc1c(C)cc(C(N)CN)cc1CC. The van der Waals surface area contributed by atoms with Gasteiger partial charge in [-0.1, -0.05) is 26.0 Å². The predicted molar refractivity (Wildman–Crippen MR) is 72.3 cm³/mol. The zero-order chi connectivity index (χ0) is 12.8. The summed E-state index contributed by atoms with van der Waals surface area (Å²) in [6.45, 7) is 7.54. The second-order valence-electron chi connectivity index (χ2n) is 4.37. The minimum atomic E-state index is -0.0841. The van der Waals surface area contributed by atoms with Crippen molar-refractivity contribution in [3.05, 3.63) is 28.8 Å². The number of rotatable bonds is 6. The monoisotopic (exact) mass is 236 g/mol. The van der Waals surface area contributed by atoms with E-state index in [1.165, 1.54) is 5.56 Å². The van der Waals surface area contributed by atoms with Gasteiger partial charge < -0.3 is 16.2 Å².